The molecule has 124 valence electrons. The predicted molar refractivity (Wildman–Crippen MR) is 103 cm³/mol. The minimum absolute atomic E-state index is 0.161. The Morgan fingerprint density at radius 3 is 2.54 bits per heavy atom. The molecule has 0 bridgehead atoms. The van der Waals surface area contributed by atoms with Crippen LogP contribution in [0, 0.1) is 0 Å². The van der Waals surface area contributed by atoms with Crippen LogP contribution in [0.4, 0.5) is 10.8 Å². The van der Waals surface area contributed by atoms with Gasteiger partial charge in [-0.05, 0) is 56.3 Å². The largest absolute Gasteiger partial charge is 0.372 e. The lowest BCUT2D eigenvalue weighted by atomic mass is 10.2. The van der Waals surface area contributed by atoms with Crippen molar-refractivity contribution in [3.63, 3.8) is 0 Å². The number of nitrogens with zero attached hydrogens (tertiary/aromatic N) is 2. The van der Waals surface area contributed by atoms with Crippen molar-refractivity contribution in [2.45, 2.75) is 13.8 Å². The average Bonchev–Trinajstić information content (AvgIpc) is 2.97. The summed E-state index contributed by atoms with van der Waals surface area (Å²) in [6.07, 6.45) is 0. The lowest BCUT2D eigenvalue weighted by molar-refractivity contribution is 0.102. The lowest BCUT2D eigenvalue weighted by Gasteiger charge is -2.20. The van der Waals surface area contributed by atoms with Crippen molar-refractivity contribution in [3.8, 4) is 0 Å². The molecule has 1 N–H and O–H groups in total. The molecule has 1 heterocycles. The first-order valence-corrected chi connectivity index (χ1v) is 9.02. The zero-order valence-electron chi connectivity index (χ0n) is 13.5. The topological polar surface area (TPSA) is 45.2 Å². The van der Waals surface area contributed by atoms with E-state index in [2.05, 4.69) is 29.0 Å². The summed E-state index contributed by atoms with van der Waals surface area (Å²) in [5.74, 6) is -0.161. The molecule has 0 atom stereocenters. The van der Waals surface area contributed by atoms with Gasteiger partial charge < -0.3 is 4.90 Å². The molecule has 3 aromatic rings. The molecule has 0 saturated carbocycles. The molecule has 0 aliphatic heterocycles. The number of rotatable bonds is 5. The highest BCUT2D eigenvalue weighted by atomic mass is 35.5. The lowest BCUT2D eigenvalue weighted by Crippen LogP contribution is -2.21. The highest BCUT2D eigenvalue weighted by Gasteiger charge is 2.11. The van der Waals surface area contributed by atoms with Crippen molar-refractivity contribution in [2.24, 2.45) is 0 Å². The van der Waals surface area contributed by atoms with Crippen molar-refractivity contribution in [1.29, 1.82) is 0 Å². The van der Waals surface area contributed by atoms with Gasteiger partial charge in [0.2, 0.25) is 0 Å². The minimum atomic E-state index is -0.161. The molecule has 0 fully saturated rings. The summed E-state index contributed by atoms with van der Waals surface area (Å²) in [6.45, 7) is 6.11. The number of fused-ring (bicyclic) bond motifs is 1. The molecule has 24 heavy (non-hydrogen) atoms. The first-order valence-electron chi connectivity index (χ1n) is 7.83. The fourth-order valence-corrected chi connectivity index (χ4v) is 3.67. The molecule has 1 amide bonds. The fraction of sp³-hybridized carbons (Fsp3) is 0.222. The van der Waals surface area contributed by atoms with Crippen LogP contribution in [0.3, 0.4) is 0 Å². The van der Waals surface area contributed by atoms with E-state index >= 15 is 0 Å². The maximum absolute atomic E-state index is 12.4. The smallest absolute Gasteiger partial charge is 0.257 e. The summed E-state index contributed by atoms with van der Waals surface area (Å²) < 4.78 is 0.953. The molecule has 1 aromatic heterocycles. The first-order chi connectivity index (χ1) is 11.6. The third-order valence-corrected chi connectivity index (χ3v) is 5.00. The van der Waals surface area contributed by atoms with Gasteiger partial charge in [-0.1, -0.05) is 22.9 Å². The Labute approximate surface area is 150 Å². The van der Waals surface area contributed by atoms with E-state index in [-0.39, 0.29) is 5.91 Å². The third-order valence-electron chi connectivity index (χ3n) is 3.83. The molecule has 0 aliphatic carbocycles. The van der Waals surface area contributed by atoms with Crippen LogP contribution in [0.25, 0.3) is 10.2 Å². The first kappa shape index (κ1) is 16.7. The molecule has 0 unspecified atom stereocenters. The van der Waals surface area contributed by atoms with Gasteiger partial charge in [-0.15, -0.1) is 0 Å². The summed E-state index contributed by atoms with van der Waals surface area (Å²) in [4.78, 5) is 19.0. The third kappa shape index (κ3) is 3.52. The normalized spacial score (nSPS) is 10.8. The standard InChI is InChI=1S/C18H18ClN3OS/c1-3-22(4-2)14-8-5-12(6-9-14)17(23)21-18-20-15-10-7-13(19)11-16(15)24-18/h5-11H,3-4H2,1-2H3,(H,20,21,23). The van der Waals surface area contributed by atoms with Crippen molar-refractivity contribution < 1.29 is 4.79 Å². The number of anilines is 2. The number of aromatic nitrogens is 1. The number of halogens is 1. The quantitative estimate of drug-likeness (QED) is 0.693. The number of thiazole rings is 1. The van der Waals surface area contributed by atoms with Gasteiger partial charge in [0.1, 0.15) is 0 Å². The van der Waals surface area contributed by atoms with Crippen LogP contribution in [0.5, 0.6) is 0 Å². The maximum Gasteiger partial charge on any atom is 0.257 e. The van der Waals surface area contributed by atoms with E-state index in [9.17, 15) is 4.79 Å². The highest BCUT2D eigenvalue weighted by molar-refractivity contribution is 7.22. The Bertz CT molecular complexity index is 856. The highest BCUT2D eigenvalue weighted by Crippen LogP contribution is 2.28. The van der Waals surface area contributed by atoms with Crippen LogP contribution >= 0.6 is 22.9 Å². The van der Waals surface area contributed by atoms with Gasteiger partial charge in [0, 0.05) is 29.4 Å². The van der Waals surface area contributed by atoms with Crippen molar-refractivity contribution in [3.05, 3.63) is 53.1 Å². The minimum Gasteiger partial charge on any atom is -0.372 e. The molecule has 2 aromatic carbocycles. The van der Waals surface area contributed by atoms with E-state index in [0.29, 0.717) is 15.7 Å². The van der Waals surface area contributed by atoms with Crippen LogP contribution in [-0.4, -0.2) is 24.0 Å². The van der Waals surface area contributed by atoms with E-state index in [1.165, 1.54) is 11.3 Å². The van der Waals surface area contributed by atoms with Crippen molar-refractivity contribution >= 4 is 49.9 Å². The molecule has 0 saturated heterocycles. The summed E-state index contributed by atoms with van der Waals surface area (Å²) in [5.41, 5.74) is 2.56. The second-order valence-corrected chi connectivity index (χ2v) is 6.77. The van der Waals surface area contributed by atoms with Gasteiger partial charge in [-0.25, -0.2) is 4.98 Å². The number of benzene rings is 2. The molecular formula is C18H18ClN3OS. The van der Waals surface area contributed by atoms with Gasteiger partial charge in [-0.3, -0.25) is 10.1 Å². The second-order valence-electron chi connectivity index (χ2n) is 5.30. The number of hydrogen-bond acceptors (Lipinski definition) is 4. The average molecular weight is 360 g/mol. The SMILES string of the molecule is CCN(CC)c1ccc(C(=O)Nc2nc3ccc(Cl)cc3s2)cc1. The molecule has 4 nitrogen and oxygen atoms in total. The van der Waals surface area contributed by atoms with Gasteiger partial charge in [0.25, 0.3) is 5.91 Å². The van der Waals surface area contributed by atoms with E-state index in [4.69, 9.17) is 11.6 Å². The number of carbonyl (C=O) groups is 1. The van der Waals surface area contributed by atoms with Gasteiger partial charge >= 0.3 is 0 Å². The summed E-state index contributed by atoms with van der Waals surface area (Å²) >= 11 is 7.40. The molecule has 0 spiro atoms. The number of amides is 1. The number of hydrogen-bond donors (Lipinski definition) is 1. The Morgan fingerprint density at radius 2 is 1.88 bits per heavy atom. The van der Waals surface area contributed by atoms with E-state index in [0.717, 1.165) is 29.0 Å². The molecule has 0 radical (unpaired) electrons. The predicted octanol–water partition coefficient (Wildman–Crippen LogP) is 5.05. The molecule has 0 aliphatic rings. The van der Waals surface area contributed by atoms with Crippen LogP contribution in [-0.2, 0) is 0 Å². The summed E-state index contributed by atoms with van der Waals surface area (Å²) in [6, 6.07) is 13.1. The second kappa shape index (κ2) is 7.20. The fourth-order valence-electron chi connectivity index (χ4n) is 2.53. The molecule has 3 rings (SSSR count). The maximum atomic E-state index is 12.4. The monoisotopic (exact) mass is 359 g/mol. The van der Waals surface area contributed by atoms with Crippen molar-refractivity contribution in [1.82, 2.24) is 4.98 Å². The Morgan fingerprint density at radius 1 is 1.17 bits per heavy atom. The Balaban J connectivity index is 1.76. The zero-order valence-corrected chi connectivity index (χ0v) is 15.1. The number of carbonyl (C=O) groups excluding carboxylic acids is 1. The van der Waals surface area contributed by atoms with Crippen LogP contribution in [0.1, 0.15) is 24.2 Å². The van der Waals surface area contributed by atoms with Gasteiger partial charge in [0.05, 0.1) is 10.2 Å². The van der Waals surface area contributed by atoms with Crippen LogP contribution < -0.4 is 10.2 Å². The molecular weight excluding hydrogens is 342 g/mol. The van der Waals surface area contributed by atoms with Crippen molar-refractivity contribution in [2.75, 3.05) is 23.3 Å². The van der Waals surface area contributed by atoms with Gasteiger partial charge in [-0.2, -0.15) is 0 Å². The Hall–Kier alpha value is -2.11. The van der Waals surface area contributed by atoms with Crippen LogP contribution in [0.2, 0.25) is 5.02 Å². The summed E-state index contributed by atoms with van der Waals surface area (Å²) in [7, 11) is 0. The zero-order chi connectivity index (χ0) is 17.1. The summed E-state index contributed by atoms with van der Waals surface area (Å²) in [5, 5.41) is 4.09. The van der Waals surface area contributed by atoms with E-state index < -0.39 is 0 Å². The van der Waals surface area contributed by atoms with E-state index in [1.807, 2.05) is 36.4 Å². The van der Waals surface area contributed by atoms with Gasteiger partial charge in [0.15, 0.2) is 5.13 Å². The molecule has 6 heteroatoms. The number of nitrogens with one attached hydrogen (secondary N) is 1. The van der Waals surface area contributed by atoms with E-state index in [1.54, 1.807) is 6.07 Å². The van der Waals surface area contributed by atoms with Crippen LogP contribution in [0.15, 0.2) is 42.5 Å². The Kier molecular flexibility index (Phi) is 5.02.